The van der Waals surface area contributed by atoms with Gasteiger partial charge in [0.15, 0.2) is 0 Å². The van der Waals surface area contributed by atoms with E-state index in [1.54, 1.807) is 72.7 Å². The van der Waals surface area contributed by atoms with E-state index in [4.69, 9.17) is 14.2 Å². The first-order chi connectivity index (χ1) is 22.9. The van der Waals surface area contributed by atoms with Crippen molar-refractivity contribution in [2.45, 2.75) is 58.9 Å². The van der Waals surface area contributed by atoms with Gasteiger partial charge in [-0.3, -0.25) is 9.59 Å². The van der Waals surface area contributed by atoms with Gasteiger partial charge < -0.3 is 24.4 Å². The van der Waals surface area contributed by atoms with Crippen LogP contribution in [0.3, 0.4) is 0 Å². The van der Waals surface area contributed by atoms with Crippen molar-refractivity contribution in [3.05, 3.63) is 119 Å². The minimum Gasteiger partial charge on any atom is -0.497 e. The van der Waals surface area contributed by atoms with E-state index in [1.165, 1.54) is 19.3 Å². The van der Waals surface area contributed by atoms with Gasteiger partial charge in [0.2, 0.25) is 5.91 Å². The van der Waals surface area contributed by atoms with Crippen molar-refractivity contribution >= 4 is 23.5 Å². The number of hydrogen-bond acceptors (Lipinski definition) is 6. The number of rotatable bonds is 17. The smallest absolute Gasteiger partial charge is 0.343 e. The van der Waals surface area contributed by atoms with Crippen LogP contribution in [0.1, 0.15) is 77.8 Å². The summed E-state index contributed by atoms with van der Waals surface area (Å²) >= 11 is 0. The van der Waals surface area contributed by atoms with Crippen LogP contribution in [-0.2, 0) is 17.8 Å². The molecule has 0 heterocycles. The molecule has 0 bridgehead atoms. The van der Waals surface area contributed by atoms with E-state index < -0.39 is 5.97 Å². The third kappa shape index (κ3) is 11.0. The molecule has 2 amide bonds. The second-order valence-corrected chi connectivity index (χ2v) is 11.3. The summed E-state index contributed by atoms with van der Waals surface area (Å²) in [6.07, 6.45) is 6.11. The standard InChI is InChI=1S/C39H44N2O6/c1-4-6-7-8-9-26-46-35-24-16-32(17-25-35)39(44)47-36-22-12-30(13-23-36)28-41(5-2)38(43)31-14-18-33(19-15-31)40-37(42)27-29-10-20-34(45-3)21-11-29/h10-25H,4-9,26-28H2,1-3H3,(H,40,42). The van der Waals surface area contributed by atoms with E-state index in [-0.39, 0.29) is 18.2 Å². The Balaban J connectivity index is 1.24. The molecule has 0 saturated carbocycles. The molecule has 0 radical (unpaired) electrons. The molecule has 0 atom stereocenters. The van der Waals surface area contributed by atoms with Gasteiger partial charge in [0.05, 0.1) is 25.7 Å². The first kappa shape index (κ1) is 34.8. The number of nitrogens with zero attached hydrogens (tertiary/aromatic N) is 1. The highest BCUT2D eigenvalue weighted by molar-refractivity contribution is 5.96. The second kappa shape index (κ2) is 18.1. The van der Waals surface area contributed by atoms with Crippen LogP contribution in [0.25, 0.3) is 0 Å². The van der Waals surface area contributed by atoms with Crippen molar-refractivity contribution in [2.24, 2.45) is 0 Å². The van der Waals surface area contributed by atoms with Crippen molar-refractivity contribution in [3.8, 4) is 17.2 Å². The predicted molar refractivity (Wildman–Crippen MR) is 184 cm³/mol. The zero-order valence-corrected chi connectivity index (χ0v) is 27.5. The Bertz CT molecular complexity index is 1570. The van der Waals surface area contributed by atoms with Crippen molar-refractivity contribution in [2.75, 3.05) is 25.6 Å². The monoisotopic (exact) mass is 636 g/mol. The van der Waals surface area contributed by atoms with E-state index in [9.17, 15) is 14.4 Å². The molecule has 4 rings (SSSR count). The number of amides is 2. The molecule has 246 valence electrons. The molecule has 47 heavy (non-hydrogen) atoms. The first-order valence-electron chi connectivity index (χ1n) is 16.2. The molecule has 0 unspecified atom stereocenters. The maximum absolute atomic E-state index is 13.3. The highest BCUT2D eigenvalue weighted by Gasteiger charge is 2.16. The van der Waals surface area contributed by atoms with E-state index >= 15 is 0 Å². The van der Waals surface area contributed by atoms with Gasteiger partial charge in [-0.05, 0) is 97.3 Å². The molecular weight excluding hydrogens is 592 g/mol. The van der Waals surface area contributed by atoms with Gasteiger partial charge in [-0.25, -0.2) is 4.79 Å². The minimum absolute atomic E-state index is 0.122. The lowest BCUT2D eigenvalue weighted by Gasteiger charge is -2.21. The Morgan fingerprint density at radius 2 is 1.26 bits per heavy atom. The summed E-state index contributed by atoms with van der Waals surface area (Å²) in [5.41, 5.74) is 3.35. The number of carbonyl (C=O) groups is 3. The molecule has 4 aromatic carbocycles. The molecule has 0 fully saturated rings. The van der Waals surface area contributed by atoms with Crippen LogP contribution in [0.4, 0.5) is 5.69 Å². The van der Waals surface area contributed by atoms with Crippen LogP contribution in [0.2, 0.25) is 0 Å². The van der Waals surface area contributed by atoms with Crippen molar-refractivity contribution in [1.29, 1.82) is 0 Å². The molecule has 0 spiro atoms. The maximum atomic E-state index is 13.3. The first-order valence-corrected chi connectivity index (χ1v) is 16.2. The molecule has 4 aromatic rings. The number of carbonyl (C=O) groups excluding carboxylic acids is 3. The summed E-state index contributed by atoms with van der Waals surface area (Å²) in [6, 6.07) is 28.4. The number of nitrogens with one attached hydrogen (secondary N) is 1. The number of ether oxygens (including phenoxy) is 3. The van der Waals surface area contributed by atoms with E-state index in [0.717, 1.165) is 35.5 Å². The lowest BCUT2D eigenvalue weighted by Crippen LogP contribution is -2.30. The van der Waals surface area contributed by atoms with Gasteiger partial charge in [-0.15, -0.1) is 0 Å². The molecule has 0 aromatic heterocycles. The van der Waals surface area contributed by atoms with Crippen molar-refractivity contribution in [3.63, 3.8) is 0 Å². The Hall–Kier alpha value is -5.11. The van der Waals surface area contributed by atoms with Crippen LogP contribution in [0, 0.1) is 0 Å². The normalized spacial score (nSPS) is 10.6. The number of unbranched alkanes of at least 4 members (excludes halogenated alkanes) is 4. The number of anilines is 1. The quantitative estimate of drug-likeness (QED) is 0.0715. The average Bonchev–Trinajstić information content (AvgIpc) is 3.10. The maximum Gasteiger partial charge on any atom is 0.343 e. The van der Waals surface area contributed by atoms with Crippen LogP contribution in [0.15, 0.2) is 97.1 Å². The van der Waals surface area contributed by atoms with E-state index in [0.29, 0.717) is 42.3 Å². The van der Waals surface area contributed by atoms with E-state index in [2.05, 4.69) is 12.2 Å². The summed E-state index contributed by atoms with van der Waals surface area (Å²) in [5, 5.41) is 2.88. The molecule has 0 saturated heterocycles. The highest BCUT2D eigenvalue weighted by Crippen LogP contribution is 2.20. The lowest BCUT2D eigenvalue weighted by atomic mass is 10.1. The third-order valence-corrected chi connectivity index (χ3v) is 7.72. The minimum atomic E-state index is -0.449. The van der Waals surface area contributed by atoms with Gasteiger partial charge in [0, 0.05) is 24.3 Å². The molecule has 1 N–H and O–H groups in total. The summed E-state index contributed by atoms with van der Waals surface area (Å²) in [7, 11) is 1.60. The van der Waals surface area contributed by atoms with Gasteiger partial charge in [-0.1, -0.05) is 56.9 Å². The lowest BCUT2D eigenvalue weighted by molar-refractivity contribution is -0.115. The fourth-order valence-electron chi connectivity index (χ4n) is 4.97. The van der Waals surface area contributed by atoms with Gasteiger partial charge >= 0.3 is 5.97 Å². The number of methoxy groups -OCH3 is 1. The Morgan fingerprint density at radius 1 is 0.660 bits per heavy atom. The largest absolute Gasteiger partial charge is 0.497 e. The van der Waals surface area contributed by atoms with Gasteiger partial charge in [0.1, 0.15) is 17.2 Å². The Morgan fingerprint density at radius 3 is 1.89 bits per heavy atom. The SMILES string of the molecule is CCCCCCCOc1ccc(C(=O)Oc2ccc(CN(CC)C(=O)c3ccc(NC(=O)Cc4ccc(OC)cc4)cc3)cc2)cc1. The highest BCUT2D eigenvalue weighted by atomic mass is 16.5. The topological polar surface area (TPSA) is 94.2 Å². The number of benzene rings is 4. The molecule has 8 nitrogen and oxygen atoms in total. The van der Waals surface area contributed by atoms with Crippen molar-refractivity contribution in [1.82, 2.24) is 4.90 Å². The number of hydrogen-bond donors (Lipinski definition) is 1. The van der Waals surface area contributed by atoms with Gasteiger partial charge in [0.25, 0.3) is 5.91 Å². The Labute approximate surface area is 277 Å². The number of esters is 1. The summed E-state index contributed by atoms with van der Waals surface area (Å²) in [4.78, 5) is 40.2. The Kier molecular flexibility index (Phi) is 13.4. The second-order valence-electron chi connectivity index (χ2n) is 11.3. The van der Waals surface area contributed by atoms with E-state index in [1.807, 2.05) is 43.3 Å². The molecular formula is C39H44N2O6. The van der Waals surface area contributed by atoms with Gasteiger partial charge in [-0.2, -0.15) is 0 Å². The third-order valence-electron chi connectivity index (χ3n) is 7.72. The van der Waals surface area contributed by atoms with Crippen LogP contribution in [-0.4, -0.2) is 42.9 Å². The average molecular weight is 637 g/mol. The summed E-state index contributed by atoms with van der Waals surface area (Å²) < 4.78 is 16.5. The zero-order chi connectivity index (χ0) is 33.4. The molecule has 0 aliphatic carbocycles. The van der Waals surface area contributed by atoms with Crippen molar-refractivity contribution < 1.29 is 28.6 Å². The van der Waals surface area contributed by atoms with Crippen LogP contribution < -0.4 is 19.5 Å². The zero-order valence-electron chi connectivity index (χ0n) is 27.5. The molecule has 8 heteroatoms. The van der Waals surface area contributed by atoms with Crippen LogP contribution in [0.5, 0.6) is 17.2 Å². The predicted octanol–water partition coefficient (Wildman–Crippen LogP) is 8.11. The molecule has 0 aliphatic rings. The summed E-state index contributed by atoms with van der Waals surface area (Å²) in [6.45, 7) is 5.69. The van der Waals surface area contributed by atoms with Crippen LogP contribution >= 0.6 is 0 Å². The fraction of sp³-hybridized carbons (Fsp3) is 0.308. The fourth-order valence-corrected chi connectivity index (χ4v) is 4.97. The summed E-state index contributed by atoms with van der Waals surface area (Å²) in [5.74, 6) is 1.17. The molecule has 0 aliphatic heterocycles.